The Kier molecular flexibility index (Phi) is 10.0. The number of rotatable bonds is 10. The molecule has 3 N–H and O–H groups in total. The van der Waals surface area contributed by atoms with Crippen molar-refractivity contribution in [2.75, 3.05) is 19.6 Å². The molecule has 0 amide bonds. The first-order chi connectivity index (χ1) is 7.61. The van der Waals surface area contributed by atoms with Gasteiger partial charge in [-0.25, -0.2) is 0 Å². The minimum absolute atomic E-state index is 0.776. The molecule has 0 fully saturated rings. The van der Waals surface area contributed by atoms with E-state index in [1.54, 1.807) is 0 Å². The molecule has 0 saturated carbocycles. The zero-order chi connectivity index (χ0) is 12.4. The summed E-state index contributed by atoms with van der Waals surface area (Å²) in [6.07, 6.45) is 5.07. The van der Waals surface area contributed by atoms with Gasteiger partial charge >= 0.3 is 0 Å². The first kappa shape index (κ1) is 15.9. The van der Waals surface area contributed by atoms with Crippen LogP contribution in [0.4, 0.5) is 0 Å². The van der Waals surface area contributed by atoms with Crippen molar-refractivity contribution >= 4 is 0 Å². The minimum Gasteiger partial charge on any atom is -0.330 e. The molecular weight excluding hydrogens is 196 g/mol. The molecular formula is C14H32N2. The molecule has 0 aliphatic heterocycles. The molecule has 0 radical (unpaired) electrons. The average Bonchev–Trinajstić information content (AvgIpc) is 2.26. The second-order valence-electron chi connectivity index (χ2n) is 5.44. The zero-order valence-corrected chi connectivity index (χ0v) is 11.8. The van der Waals surface area contributed by atoms with E-state index in [0.29, 0.717) is 0 Å². The van der Waals surface area contributed by atoms with Crippen LogP contribution in [-0.4, -0.2) is 19.6 Å². The van der Waals surface area contributed by atoms with Gasteiger partial charge in [0.15, 0.2) is 0 Å². The molecule has 98 valence electrons. The molecule has 0 spiro atoms. The first-order valence-corrected chi connectivity index (χ1v) is 7.02. The fourth-order valence-electron chi connectivity index (χ4n) is 2.01. The maximum Gasteiger partial charge on any atom is -0.00233 e. The summed E-state index contributed by atoms with van der Waals surface area (Å²) in [5.41, 5.74) is 5.64. The molecule has 0 aromatic carbocycles. The third kappa shape index (κ3) is 8.12. The van der Waals surface area contributed by atoms with Crippen molar-refractivity contribution in [3.8, 4) is 0 Å². The van der Waals surface area contributed by atoms with E-state index in [1.807, 2.05) is 0 Å². The van der Waals surface area contributed by atoms with Crippen molar-refractivity contribution in [2.24, 2.45) is 23.5 Å². The fourth-order valence-corrected chi connectivity index (χ4v) is 2.01. The van der Waals surface area contributed by atoms with Crippen molar-refractivity contribution in [2.45, 2.75) is 53.4 Å². The predicted octanol–water partition coefficient (Wildman–Crippen LogP) is 3.02. The van der Waals surface area contributed by atoms with Gasteiger partial charge in [-0.05, 0) is 56.7 Å². The van der Waals surface area contributed by atoms with Gasteiger partial charge in [0.2, 0.25) is 0 Å². The quantitative estimate of drug-likeness (QED) is 0.564. The van der Waals surface area contributed by atoms with Crippen LogP contribution in [0, 0.1) is 17.8 Å². The average molecular weight is 228 g/mol. The van der Waals surface area contributed by atoms with Crippen LogP contribution in [0.15, 0.2) is 0 Å². The number of nitrogens with one attached hydrogen (secondary N) is 1. The summed E-state index contributed by atoms with van der Waals surface area (Å²) in [5.74, 6) is 2.40. The zero-order valence-electron chi connectivity index (χ0n) is 11.8. The second-order valence-corrected chi connectivity index (χ2v) is 5.44. The Labute approximate surface area is 102 Å². The molecule has 0 aromatic heterocycles. The smallest absolute Gasteiger partial charge is 0.00233 e. The summed E-state index contributed by atoms with van der Waals surface area (Å²) in [6, 6.07) is 0. The van der Waals surface area contributed by atoms with Crippen LogP contribution in [-0.2, 0) is 0 Å². The molecule has 2 unspecified atom stereocenters. The highest BCUT2D eigenvalue weighted by Gasteiger charge is 2.11. The molecule has 2 atom stereocenters. The van der Waals surface area contributed by atoms with Crippen molar-refractivity contribution in [1.82, 2.24) is 5.32 Å². The second kappa shape index (κ2) is 10.1. The third-order valence-electron chi connectivity index (χ3n) is 3.60. The number of nitrogens with two attached hydrogens (primary N) is 1. The molecule has 0 saturated heterocycles. The summed E-state index contributed by atoms with van der Waals surface area (Å²) in [4.78, 5) is 0. The summed E-state index contributed by atoms with van der Waals surface area (Å²) < 4.78 is 0. The largest absolute Gasteiger partial charge is 0.330 e. The lowest BCUT2D eigenvalue weighted by Gasteiger charge is -2.20. The number of hydrogen-bond donors (Lipinski definition) is 2. The number of hydrogen-bond acceptors (Lipinski definition) is 2. The van der Waals surface area contributed by atoms with E-state index in [9.17, 15) is 0 Å². The molecule has 0 aliphatic rings. The molecule has 0 bridgehead atoms. The Hall–Kier alpha value is -0.0800. The molecule has 0 rings (SSSR count). The van der Waals surface area contributed by atoms with E-state index >= 15 is 0 Å². The van der Waals surface area contributed by atoms with Crippen LogP contribution in [0.1, 0.15) is 53.4 Å². The van der Waals surface area contributed by atoms with Crippen molar-refractivity contribution in [3.63, 3.8) is 0 Å². The van der Waals surface area contributed by atoms with E-state index in [4.69, 9.17) is 5.73 Å². The highest BCUT2D eigenvalue weighted by Crippen LogP contribution is 2.19. The monoisotopic (exact) mass is 228 g/mol. The van der Waals surface area contributed by atoms with Gasteiger partial charge in [0.25, 0.3) is 0 Å². The van der Waals surface area contributed by atoms with E-state index in [0.717, 1.165) is 30.8 Å². The first-order valence-electron chi connectivity index (χ1n) is 7.02. The molecule has 2 heteroatoms. The lowest BCUT2D eigenvalue weighted by atomic mass is 9.88. The van der Waals surface area contributed by atoms with Gasteiger partial charge in [0.1, 0.15) is 0 Å². The van der Waals surface area contributed by atoms with Gasteiger partial charge in [-0.3, -0.25) is 0 Å². The summed E-state index contributed by atoms with van der Waals surface area (Å²) >= 11 is 0. The maximum atomic E-state index is 5.64. The highest BCUT2D eigenvalue weighted by molar-refractivity contribution is 4.65. The van der Waals surface area contributed by atoms with Crippen LogP contribution in [0.3, 0.4) is 0 Å². The lowest BCUT2D eigenvalue weighted by molar-refractivity contribution is 0.329. The van der Waals surface area contributed by atoms with Gasteiger partial charge in [-0.15, -0.1) is 0 Å². The topological polar surface area (TPSA) is 38.0 Å². The predicted molar refractivity (Wildman–Crippen MR) is 73.6 cm³/mol. The molecule has 2 nitrogen and oxygen atoms in total. The molecule has 16 heavy (non-hydrogen) atoms. The molecule has 0 aromatic rings. The standard InChI is InChI=1S/C14H32N2/c1-5-13(4)11-16-10-6-7-14(8-9-15)12(2)3/h12-14,16H,5-11,15H2,1-4H3. The van der Waals surface area contributed by atoms with Gasteiger partial charge in [-0.2, -0.15) is 0 Å². The van der Waals surface area contributed by atoms with Gasteiger partial charge in [0, 0.05) is 0 Å². The summed E-state index contributed by atoms with van der Waals surface area (Å²) in [5, 5.41) is 3.54. The van der Waals surface area contributed by atoms with Crippen LogP contribution in [0.5, 0.6) is 0 Å². The van der Waals surface area contributed by atoms with E-state index in [1.165, 1.54) is 32.2 Å². The Morgan fingerprint density at radius 1 is 1.12 bits per heavy atom. The normalized spacial score (nSPS) is 15.4. The van der Waals surface area contributed by atoms with E-state index in [2.05, 4.69) is 33.0 Å². The Morgan fingerprint density at radius 2 is 1.81 bits per heavy atom. The fraction of sp³-hybridized carbons (Fsp3) is 1.00. The Morgan fingerprint density at radius 3 is 2.31 bits per heavy atom. The van der Waals surface area contributed by atoms with Crippen LogP contribution < -0.4 is 11.1 Å². The lowest BCUT2D eigenvalue weighted by Crippen LogP contribution is -2.23. The van der Waals surface area contributed by atoms with Crippen molar-refractivity contribution in [1.29, 1.82) is 0 Å². The van der Waals surface area contributed by atoms with Crippen LogP contribution in [0.2, 0.25) is 0 Å². The van der Waals surface area contributed by atoms with E-state index in [-0.39, 0.29) is 0 Å². The van der Waals surface area contributed by atoms with Crippen molar-refractivity contribution in [3.05, 3.63) is 0 Å². The van der Waals surface area contributed by atoms with Gasteiger partial charge in [0.05, 0.1) is 0 Å². The molecule has 0 heterocycles. The maximum absolute atomic E-state index is 5.64. The Bertz CT molecular complexity index is 146. The van der Waals surface area contributed by atoms with Gasteiger partial charge in [-0.1, -0.05) is 34.1 Å². The van der Waals surface area contributed by atoms with Crippen LogP contribution in [0.25, 0.3) is 0 Å². The SMILES string of the molecule is CCC(C)CNCCCC(CCN)C(C)C. The minimum atomic E-state index is 0.776. The van der Waals surface area contributed by atoms with Crippen molar-refractivity contribution < 1.29 is 0 Å². The molecule has 0 aliphatic carbocycles. The summed E-state index contributed by atoms with van der Waals surface area (Å²) in [6.45, 7) is 12.3. The van der Waals surface area contributed by atoms with E-state index < -0.39 is 0 Å². The van der Waals surface area contributed by atoms with Crippen LogP contribution >= 0.6 is 0 Å². The Balaban J connectivity index is 3.47. The third-order valence-corrected chi connectivity index (χ3v) is 3.60. The highest BCUT2D eigenvalue weighted by atomic mass is 14.8. The summed E-state index contributed by atoms with van der Waals surface area (Å²) in [7, 11) is 0. The van der Waals surface area contributed by atoms with Gasteiger partial charge < -0.3 is 11.1 Å².